The summed E-state index contributed by atoms with van der Waals surface area (Å²) >= 11 is 0. The van der Waals surface area contributed by atoms with Crippen LogP contribution in [0.1, 0.15) is 15.9 Å². The molecule has 2 aromatic carbocycles. The number of ether oxygens (including phenoxy) is 2. The highest BCUT2D eigenvalue weighted by molar-refractivity contribution is 5.93. The Hall–Kier alpha value is -3.23. The van der Waals surface area contributed by atoms with E-state index in [4.69, 9.17) is 0 Å². The van der Waals surface area contributed by atoms with Gasteiger partial charge in [0.25, 0.3) is 0 Å². The van der Waals surface area contributed by atoms with E-state index in [0.717, 1.165) is 6.07 Å². The average molecular weight is 368 g/mol. The first kappa shape index (κ1) is 19.1. The molecule has 0 aliphatic carbocycles. The number of urea groups is 1. The summed E-state index contributed by atoms with van der Waals surface area (Å²) in [5.74, 6) is -0.918. The second-order valence-electron chi connectivity index (χ2n) is 5.08. The van der Waals surface area contributed by atoms with Crippen LogP contribution in [0.3, 0.4) is 0 Å². The van der Waals surface area contributed by atoms with Crippen LogP contribution in [0, 0.1) is 0 Å². The van der Waals surface area contributed by atoms with E-state index < -0.39 is 18.4 Å². The van der Waals surface area contributed by atoms with Gasteiger partial charge in [-0.1, -0.05) is 18.2 Å². The van der Waals surface area contributed by atoms with Crippen molar-refractivity contribution in [2.45, 2.75) is 12.9 Å². The van der Waals surface area contributed by atoms with E-state index in [9.17, 15) is 22.8 Å². The third-order valence-electron chi connectivity index (χ3n) is 3.13. The Morgan fingerprint density at radius 1 is 1.08 bits per heavy atom. The number of hydrogen-bond donors (Lipinski definition) is 2. The zero-order valence-electron chi connectivity index (χ0n) is 13.6. The van der Waals surface area contributed by atoms with Crippen LogP contribution in [-0.4, -0.2) is 25.5 Å². The minimum Gasteiger partial charge on any atom is -0.465 e. The minimum atomic E-state index is -4.78. The Kier molecular flexibility index (Phi) is 6.05. The Morgan fingerprint density at radius 3 is 2.50 bits per heavy atom. The molecule has 0 fully saturated rings. The van der Waals surface area contributed by atoms with Crippen molar-refractivity contribution >= 4 is 17.7 Å². The van der Waals surface area contributed by atoms with Crippen molar-refractivity contribution in [3.8, 4) is 5.75 Å². The molecular weight excluding hydrogens is 353 g/mol. The SMILES string of the molecule is COC(=O)c1cccc(NC(=O)NCc2cccc(OC(F)(F)F)c2)c1. The summed E-state index contributed by atoms with van der Waals surface area (Å²) in [6, 6.07) is 10.8. The zero-order valence-corrected chi connectivity index (χ0v) is 13.6. The fourth-order valence-electron chi connectivity index (χ4n) is 2.05. The monoisotopic (exact) mass is 368 g/mol. The fraction of sp³-hybridized carbons (Fsp3) is 0.176. The van der Waals surface area contributed by atoms with E-state index in [-0.39, 0.29) is 17.9 Å². The molecule has 0 aliphatic rings. The van der Waals surface area contributed by atoms with Gasteiger partial charge in [0.2, 0.25) is 0 Å². The molecule has 138 valence electrons. The number of hydrogen-bond acceptors (Lipinski definition) is 4. The molecule has 0 aromatic heterocycles. The Balaban J connectivity index is 1.93. The molecule has 0 radical (unpaired) electrons. The maximum atomic E-state index is 12.2. The first-order valence-electron chi connectivity index (χ1n) is 7.35. The van der Waals surface area contributed by atoms with Crippen LogP contribution in [0.5, 0.6) is 5.75 Å². The number of carbonyl (C=O) groups is 2. The number of carbonyl (C=O) groups excluding carboxylic acids is 2. The standard InChI is InChI=1S/C17H15F3N2O4/c1-25-15(23)12-5-3-6-13(9-12)22-16(24)21-10-11-4-2-7-14(8-11)26-17(18,19)20/h2-9H,10H2,1H3,(H2,21,22,24). The number of nitrogens with one attached hydrogen (secondary N) is 2. The van der Waals surface area contributed by atoms with Crippen molar-refractivity contribution in [2.24, 2.45) is 0 Å². The van der Waals surface area contributed by atoms with Crippen molar-refractivity contribution < 1.29 is 32.2 Å². The van der Waals surface area contributed by atoms with Gasteiger partial charge in [-0.2, -0.15) is 0 Å². The normalized spacial score (nSPS) is 10.8. The molecule has 0 saturated carbocycles. The number of methoxy groups -OCH3 is 1. The van der Waals surface area contributed by atoms with Crippen molar-refractivity contribution in [2.75, 3.05) is 12.4 Å². The predicted octanol–water partition coefficient (Wildman–Crippen LogP) is 3.69. The summed E-state index contributed by atoms with van der Waals surface area (Å²) in [6.45, 7) is -0.0163. The molecule has 0 unspecified atom stereocenters. The average Bonchev–Trinajstić information content (AvgIpc) is 2.58. The van der Waals surface area contributed by atoms with Crippen LogP contribution in [0.2, 0.25) is 0 Å². The molecule has 2 rings (SSSR count). The van der Waals surface area contributed by atoms with Gasteiger partial charge in [0.05, 0.1) is 12.7 Å². The van der Waals surface area contributed by atoms with Crippen molar-refractivity contribution in [3.63, 3.8) is 0 Å². The number of alkyl halides is 3. The molecule has 2 aromatic rings. The second-order valence-corrected chi connectivity index (χ2v) is 5.08. The number of benzene rings is 2. The molecule has 2 N–H and O–H groups in total. The number of halogens is 3. The van der Waals surface area contributed by atoms with Crippen molar-refractivity contribution in [3.05, 3.63) is 59.7 Å². The van der Waals surface area contributed by atoms with Gasteiger partial charge in [-0.25, -0.2) is 9.59 Å². The third-order valence-corrected chi connectivity index (χ3v) is 3.13. The number of amides is 2. The van der Waals surface area contributed by atoms with Crippen LogP contribution in [-0.2, 0) is 11.3 Å². The molecule has 0 atom stereocenters. The summed E-state index contributed by atoms with van der Waals surface area (Å²) in [4.78, 5) is 23.4. The Labute approximate surface area is 146 Å². The van der Waals surface area contributed by atoms with E-state index in [1.165, 1.54) is 31.4 Å². The maximum Gasteiger partial charge on any atom is 0.573 e. The molecule has 26 heavy (non-hydrogen) atoms. The highest BCUT2D eigenvalue weighted by atomic mass is 19.4. The van der Waals surface area contributed by atoms with Crippen LogP contribution in [0.15, 0.2) is 48.5 Å². The fourth-order valence-corrected chi connectivity index (χ4v) is 2.05. The Morgan fingerprint density at radius 2 is 1.81 bits per heavy atom. The molecule has 0 saturated heterocycles. The van der Waals surface area contributed by atoms with Gasteiger partial charge in [0, 0.05) is 12.2 Å². The van der Waals surface area contributed by atoms with Gasteiger partial charge in [-0.05, 0) is 35.9 Å². The first-order chi connectivity index (χ1) is 12.3. The van der Waals surface area contributed by atoms with E-state index in [1.54, 1.807) is 18.2 Å². The van der Waals surface area contributed by atoms with Crippen molar-refractivity contribution in [1.29, 1.82) is 0 Å². The van der Waals surface area contributed by atoms with E-state index in [2.05, 4.69) is 20.1 Å². The molecule has 0 spiro atoms. The lowest BCUT2D eigenvalue weighted by atomic mass is 10.2. The topological polar surface area (TPSA) is 76.7 Å². The zero-order chi connectivity index (χ0) is 19.2. The number of anilines is 1. The highest BCUT2D eigenvalue weighted by Crippen LogP contribution is 2.23. The van der Waals surface area contributed by atoms with Crippen LogP contribution < -0.4 is 15.4 Å². The maximum absolute atomic E-state index is 12.2. The molecule has 9 heteroatoms. The smallest absolute Gasteiger partial charge is 0.465 e. The largest absolute Gasteiger partial charge is 0.573 e. The number of esters is 1. The van der Waals surface area contributed by atoms with Gasteiger partial charge >= 0.3 is 18.4 Å². The van der Waals surface area contributed by atoms with Gasteiger partial charge < -0.3 is 20.1 Å². The minimum absolute atomic E-state index is 0.0163. The van der Waals surface area contributed by atoms with E-state index in [1.807, 2.05) is 0 Å². The van der Waals surface area contributed by atoms with Crippen LogP contribution in [0.25, 0.3) is 0 Å². The van der Waals surface area contributed by atoms with Crippen LogP contribution in [0.4, 0.5) is 23.7 Å². The lowest BCUT2D eigenvalue weighted by Crippen LogP contribution is -2.28. The highest BCUT2D eigenvalue weighted by Gasteiger charge is 2.31. The molecule has 6 nitrogen and oxygen atoms in total. The first-order valence-corrected chi connectivity index (χ1v) is 7.35. The summed E-state index contributed by atoms with van der Waals surface area (Å²) < 4.78 is 45.0. The summed E-state index contributed by atoms with van der Waals surface area (Å²) in [7, 11) is 1.24. The molecule has 2 amide bonds. The van der Waals surface area contributed by atoms with Gasteiger partial charge in [-0.15, -0.1) is 13.2 Å². The second kappa shape index (κ2) is 8.24. The van der Waals surface area contributed by atoms with E-state index in [0.29, 0.717) is 11.3 Å². The lowest BCUT2D eigenvalue weighted by molar-refractivity contribution is -0.274. The summed E-state index contributed by atoms with van der Waals surface area (Å²) in [6.07, 6.45) is -4.78. The quantitative estimate of drug-likeness (QED) is 0.789. The molecule has 0 bridgehead atoms. The van der Waals surface area contributed by atoms with Crippen LogP contribution >= 0.6 is 0 Å². The van der Waals surface area contributed by atoms with E-state index >= 15 is 0 Å². The molecular formula is C17H15F3N2O4. The molecule has 0 aliphatic heterocycles. The predicted molar refractivity (Wildman–Crippen MR) is 86.8 cm³/mol. The third kappa shape index (κ3) is 6.00. The van der Waals surface area contributed by atoms with Crippen molar-refractivity contribution in [1.82, 2.24) is 5.32 Å². The summed E-state index contributed by atoms with van der Waals surface area (Å²) in [5, 5.41) is 5.01. The van der Waals surface area contributed by atoms with Gasteiger partial charge in [0.1, 0.15) is 5.75 Å². The Bertz CT molecular complexity index is 794. The molecule has 0 heterocycles. The number of rotatable bonds is 5. The lowest BCUT2D eigenvalue weighted by Gasteiger charge is -2.11. The van der Waals surface area contributed by atoms with Gasteiger partial charge in [0.15, 0.2) is 0 Å². The van der Waals surface area contributed by atoms with Gasteiger partial charge in [-0.3, -0.25) is 0 Å². The summed E-state index contributed by atoms with van der Waals surface area (Å²) in [5.41, 5.74) is 1.05.